The van der Waals surface area contributed by atoms with E-state index in [4.69, 9.17) is 5.73 Å². The second kappa shape index (κ2) is 6.61. The Labute approximate surface area is 164 Å². The molecule has 3 fully saturated rings. The van der Waals surface area contributed by atoms with E-state index in [1.54, 1.807) is 11.0 Å². The molecule has 1 aromatic heterocycles. The zero-order chi connectivity index (χ0) is 19.9. The molecule has 1 saturated heterocycles. The summed E-state index contributed by atoms with van der Waals surface area (Å²) in [5, 5.41) is 6.22. The molecule has 3 aliphatic rings. The van der Waals surface area contributed by atoms with Crippen molar-refractivity contribution in [2.75, 3.05) is 11.1 Å². The second-order valence-electron chi connectivity index (χ2n) is 8.33. The molecule has 0 radical (unpaired) electrons. The third kappa shape index (κ3) is 3.02. The average molecular weight is 382 g/mol. The Balaban J connectivity index is 1.56. The fourth-order valence-electron chi connectivity index (χ4n) is 5.18. The predicted octanol–water partition coefficient (Wildman–Crippen LogP) is 2.29. The minimum Gasteiger partial charge on any atom is -0.384 e. The lowest BCUT2D eigenvalue weighted by molar-refractivity contribution is -0.132. The summed E-state index contributed by atoms with van der Waals surface area (Å²) in [6, 6.07) is 1.63. The van der Waals surface area contributed by atoms with Crippen molar-refractivity contribution in [3.8, 4) is 0 Å². The van der Waals surface area contributed by atoms with Gasteiger partial charge in [0.25, 0.3) is 5.91 Å². The van der Waals surface area contributed by atoms with Gasteiger partial charge in [-0.15, -0.1) is 0 Å². The van der Waals surface area contributed by atoms with Crippen LogP contribution in [0.4, 0.5) is 11.6 Å². The van der Waals surface area contributed by atoms with Crippen LogP contribution in [0.15, 0.2) is 35.4 Å². The topological polar surface area (TPSA) is 113 Å². The molecule has 1 aliphatic heterocycles. The number of nitrogen functional groups attached to an aromatic ring is 1. The number of aromatic nitrogens is 2. The Morgan fingerprint density at radius 3 is 2.64 bits per heavy atom. The second-order valence-corrected chi connectivity index (χ2v) is 8.33. The maximum absolute atomic E-state index is 12.7. The smallest absolute Gasteiger partial charge is 0.270 e. The predicted molar refractivity (Wildman–Crippen MR) is 105 cm³/mol. The number of hydrogen-bond acceptors (Lipinski definition) is 6. The number of anilines is 2. The van der Waals surface area contributed by atoms with Gasteiger partial charge < -0.3 is 16.4 Å². The first-order chi connectivity index (χ1) is 13.4. The number of nitrogens with one attached hydrogen (secondary N) is 2. The average Bonchev–Trinajstić information content (AvgIpc) is 3.18. The highest BCUT2D eigenvalue weighted by Crippen LogP contribution is 2.60. The monoisotopic (exact) mass is 382 g/mol. The van der Waals surface area contributed by atoms with Crippen LogP contribution in [0.3, 0.4) is 0 Å². The molecule has 2 amide bonds. The molecule has 0 aromatic carbocycles. The van der Waals surface area contributed by atoms with Crippen LogP contribution in [0.2, 0.25) is 0 Å². The summed E-state index contributed by atoms with van der Waals surface area (Å²) < 4.78 is 0. The number of carbonyl (C=O) groups is 2. The lowest BCUT2D eigenvalue weighted by Gasteiger charge is -2.55. The molecule has 148 valence electrons. The van der Waals surface area contributed by atoms with Crippen molar-refractivity contribution >= 4 is 24.0 Å². The van der Waals surface area contributed by atoms with Crippen molar-refractivity contribution in [2.45, 2.75) is 58.0 Å². The Morgan fingerprint density at radius 1 is 1.29 bits per heavy atom. The van der Waals surface area contributed by atoms with Crippen LogP contribution < -0.4 is 16.4 Å². The molecule has 0 bridgehead atoms. The first-order valence-corrected chi connectivity index (χ1v) is 9.67. The first kappa shape index (κ1) is 18.5. The van der Waals surface area contributed by atoms with Crippen LogP contribution in [0, 0.1) is 5.41 Å². The lowest BCUT2D eigenvalue weighted by Crippen LogP contribution is -2.64. The van der Waals surface area contributed by atoms with Gasteiger partial charge in [-0.25, -0.2) is 9.97 Å². The maximum Gasteiger partial charge on any atom is 0.270 e. The fraction of sp³-hybridized carbons (Fsp3) is 0.500. The molecule has 8 heteroatoms. The van der Waals surface area contributed by atoms with Crippen molar-refractivity contribution in [2.24, 2.45) is 5.41 Å². The zero-order valence-electron chi connectivity index (χ0n) is 16.3. The fourth-order valence-corrected chi connectivity index (χ4v) is 5.18. The number of carbonyl (C=O) groups excluding carboxylic acids is 2. The van der Waals surface area contributed by atoms with Crippen molar-refractivity contribution in [1.29, 1.82) is 0 Å². The van der Waals surface area contributed by atoms with Crippen molar-refractivity contribution < 1.29 is 9.59 Å². The summed E-state index contributed by atoms with van der Waals surface area (Å²) in [4.78, 5) is 34.2. The van der Waals surface area contributed by atoms with Crippen LogP contribution in [-0.2, 0) is 9.59 Å². The molecule has 2 saturated carbocycles. The number of allylic oxidation sites excluding steroid dienone is 3. The summed E-state index contributed by atoms with van der Waals surface area (Å²) in [7, 11) is 0. The van der Waals surface area contributed by atoms with Gasteiger partial charge in [-0.3, -0.25) is 14.5 Å². The van der Waals surface area contributed by atoms with Gasteiger partial charge in [0.15, 0.2) is 0 Å². The van der Waals surface area contributed by atoms with Crippen LogP contribution >= 0.6 is 0 Å². The van der Waals surface area contributed by atoms with Gasteiger partial charge >= 0.3 is 0 Å². The van der Waals surface area contributed by atoms with Crippen LogP contribution in [0.5, 0.6) is 0 Å². The standard InChI is InChI=1S/C20H26N6O2/c1-13(7-14(2)24-16-8-15(21)22-11-23-16)17-18(28)25-20(26(17)12-27)9-19(10-20)5-3-4-6-19/h7-8,11-12H,3-6,9-10H2,1-2H3,(H,25,28)(H3,21,22,23,24)/b14-7+,17-13-. The number of amides is 2. The van der Waals surface area contributed by atoms with Crippen LogP contribution in [-0.4, -0.2) is 32.8 Å². The van der Waals surface area contributed by atoms with Gasteiger partial charge in [-0.2, -0.15) is 0 Å². The summed E-state index contributed by atoms with van der Waals surface area (Å²) in [5.74, 6) is 0.754. The number of rotatable bonds is 4. The van der Waals surface area contributed by atoms with E-state index >= 15 is 0 Å². The van der Waals surface area contributed by atoms with Gasteiger partial charge in [0.2, 0.25) is 6.41 Å². The van der Waals surface area contributed by atoms with Crippen LogP contribution in [0.1, 0.15) is 52.4 Å². The Hall–Kier alpha value is -2.90. The molecular weight excluding hydrogens is 356 g/mol. The number of nitrogens with two attached hydrogens (primary N) is 1. The molecule has 0 unspecified atom stereocenters. The normalized spacial score (nSPS) is 24.3. The van der Waals surface area contributed by atoms with E-state index in [0.717, 1.165) is 30.5 Å². The van der Waals surface area contributed by atoms with Gasteiger partial charge in [0, 0.05) is 11.8 Å². The quantitative estimate of drug-likeness (QED) is 0.544. The molecular formula is C20H26N6O2. The Kier molecular flexibility index (Phi) is 4.36. The highest BCUT2D eigenvalue weighted by atomic mass is 16.2. The summed E-state index contributed by atoms with van der Waals surface area (Å²) in [6.45, 7) is 3.71. The molecule has 28 heavy (non-hydrogen) atoms. The third-order valence-electron chi connectivity index (χ3n) is 6.19. The van der Waals surface area contributed by atoms with E-state index in [1.807, 2.05) is 19.9 Å². The number of hydrogen-bond donors (Lipinski definition) is 3. The molecule has 2 spiro atoms. The molecule has 1 aromatic rings. The molecule has 4 N–H and O–H groups in total. The van der Waals surface area contributed by atoms with Crippen molar-refractivity contribution in [3.63, 3.8) is 0 Å². The van der Waals surface area contributed by atoms with Gasteiger partial charge in [0.1, 0.15) is 29.3 Å². The SMILES string of the molecule is CC(/C=C(\C)Nc1cc(N)ncn1)=C1\C(=O)NC2(CC3(CCCC3)C2)N1C=O. The Morgan fingerprint density at radius 2 is 2.00 bits per heavy atom. The molecule has 2 aliphatic carbocycles. The summed E-state index contributed by atoms with van der Waals surface area (Å²) >= 11 is 0. The number of nitrogens with zero attached hydrogens (tertiary/aromatic N) is 3. The summed E-state index contributed by atoms with van der Waals surface area (Å²) in [6.07, 6.45) is 10.6. The molecule has 4 rings (SSSR count). The highest BCUT2D eigenvalue weighted by molar-refractivity contribution is 6.00. The summed E-state index contributed by atoms with van der Waals surface area (Å²) in [5.41, 5.74) is 7.36. The minimum absolute atomic E-state index is 0.187. The van der Waals surface area contributed by atoms with E-state index < -0.39 is 5.66 Å². The largest absolute Gasteiger partial charge is 0.384 e. The van der Waals surface area contributed by atoms with Gasteiger partial charge in [-0.1, -0.05) is 12.8 Å². The van der Waals surface area contributed by atoms with E-state index in [2.05, 4.69) is 20.6 Å². The van der Waals surface area contributed by atoms with Gasteiger partial charge in [-0.05, 0) is 56.6 Å². The minimum atomic E-state index is -0.546. The van der Waals surface area contributed by atoms with Crippen molar-refractivity contribution in [3.05, 3.63) is 35.4 Å². The van der Waals surface area contributed by atoms with E-state index in [1.165, 1.54) is 32.0 Å². The third-order valence-corrected chi connectivity index (χ3v) is 6.19. The lowest BCUT2D eigenvalue weighted by atomic mass is 9.60. The molecule has 2 heterocycles. The first-order valence-electron chi connectivity index (χ1n) is 9.67. The maximum atomic E-state index is 12.7. The highest BCUT2D eigenvalue weighted by Gasteiger charge is 2.62. The van der Waals surface area contributed by atoms with Crippen LogP contribution in [0.25, 0.3) is 0 Å². The van der Waals surface area contributed by atoms with Crippen molar-refractivity contribution in [1.82, 2.24) is 20.2 Å². The Bertz CT molecular complexity index is 876. The van der Waals surface area contributed by atoms with E-state index in [0.29, 0.717) is 22.7 Å². The zero-order valence-corrected chi connectivity index (χ0v) is 16.3. The molecule has 0 atom stereocenters. The van der Waals surface area contributed by atoms with E-state index in [9.17, 15) is 9.59 Å². The molecule has 8 nitrogen and oxygen atoms in total. The van der Waals surface area contributed by atoms with E-state index in [-0.39, 0.29) is 5.91 Å². The van der Waals surface area contributed by atoms with Gasteiger partial charge in [0.05, 0.1) is 0 Å².